The third kappa shape index (κ3) is 4.38. The van der Waals surface area contributed by atoms with Crippen molar-refractivity contribution in [3.63, 3.8) is 0 Å². The van der Waals surface area contributed by atoms with Crippen LogP contribution in [0.25, 0.3) is 11.3 Å². The lowest BCUT2D eigenvalue weighted by Crippen LogP contribution is -2.33. The average Bonchev–Trinajstić information content (AvgIpc) is 2.69. The summed E-state index contributed by atoms with van der Waals surface area (Å²) < 4.78 is 6.60. The van der Waals surface area contributed by atoms with Crippen LogP contribution in [0.15, 0.2) is 65.6 Å². The summed E-state index contributed by atoms with van der Waals surface area (Å²) in [5, 5.41) is 7.04. The van der Waals surface area contributed by atoms with Gasteiger partial charge in [0.1, 0.15) is 17.6 Å². The first-order valence-electron chi connectivity index (χ1n) is 8.63. The van der Waals surface area contributed by atoms with Gasteiger partial charge < -0.3 is 10.1 Å². The van der Waals surface area contributed by atoms with Gasteiger partial charge in [0, 0.05) is 17.8 Å². The Balaban J connectivity index is 1.84. The van der Waals surface area contributed by atoms with Crippen molar-refractivity contribution in [2.75, 3.05) is 11.9 Å². The van der Waals surface area contributed by atoms with Crippen LogP contribution in [0.1, 0.15) is 19.9 Å². The normalized spacial score (nSPS) is 11.6. The molecule has 0 aliphatic rings. The minimum Gasteiger partial charge on any atom is -0.494 e. The van der Waals surface area contributed by atoms with E-state index in [-0.39, 0.29) is 11.5 Å². The van der Waals surface area contributed by atoms with E-state index in [9.17, 15) is 9.59 Å². The Morgan fingerprint density at radius 2 is 1.93 bits per heavy atom. The minimum absolute atomic E-state index is 0.353. The predicted octanol–water partition coefficient (Wildman–Crippen LogP) is 2.90. The molecule has 1 amide bonds. The van der Waals surface area contributed by atoms with Crippen molar-refractivity contribution in [3.8, 4) is 17.0 Å². The van der Waals surface area contributed by atoms with Gasteiger partial charge in [-0.05, 0) is 56.3 Å². The fourth-order valence-electron chi connectivity index (χ4n) is 2.52. The van der Waals surface area contributed by atoms with Crippen molar-refractivity contribution < 1.29 is 9.53 Å². The van der Waals surface area contributed by atoms with E-state index in [1.54, 1.807) is 37.4 Å². The zero-order valence-corrected chi connectivity index (χ0v) is 15.1. The number of hydrogen-bond donors (Lipinski definition) is 1. The van der Waals surface area contributed by atoms with Gasteiger partial charge in [0.2, 0.25) is 5.91 Å². The molecule has 0 aliphatic heterocycles. The zero-order chi connectivity index (χ0) is 19.2. The summed E-state index contributed by atoms with van der Waals surface area (Å²) in [6.45, 7) is 4.13. The molecule has 0 fully saturated rings. The van der Waals surface area contributed by atoms with Gasteiger partial charge in [0.15, 0.2) is 0 Å². The van der Waals surface area contributed by atoms with E-state index in [0.717, 1.165) is 11.3 Å². The molecule has 27 heavy (non-hydrogen) atoms. The van der Waals surface area contributed by atoms with Crippen LogP contribution in [0.5, 0.6) is 5.75 Å². The molecule has 1 unspecified atom stereocenters. The van der Waals surface area contributed by atoms with Crippen molar-refractivity contribution in [2.45, 2.75) is 19.9 Å². The van der Waals surface area contributed by atoms with Crippen LogP contribution in [-0.2, 0) is 4.79 Å². The number of aromatic nitrogens is 3. The summed E-state index contributed by atoms with van der Waals surface area (Å²) in [6, 6.07) is 14.9. The van der Waals surface area contributed by atoms with Crippen molar-refractivity contribution in [2.24, 2.45) is 0 Å². The van der Waals surface area contributed by atoms with E-state index in [1.165, 1.54) is 10.7 Å². The average molecular weight is 364 g/mol. The Labute approximate surface area is 156 Å². The number of pyridine rings is 1. The van der Waals surface area contributed by atoms with E-state index < -0.39 is 6.04 Å². The van der Waals surface area contributed by atoms with Crippen LogP contribution < -0.4 is 15.6 Å². The van der Waals surface area contributed by atoms with Gasteiger partial charge in [0.05, 0.1) is 12.3 Å². The molecular weight excluding hydrogens is 344 g/mol. The number of nitrogens with zero attached hydrogens (tertiary/aromatic N) is 3. The maximum atomic E-state index is 12.5. The third-order valence-electron chi connectivity index (χ3n) is 3.95. The highest BCUT2D eigenvalue weighted by Crippen LogP contribution is 2.20. The molecule has 7 nitrogen and oxygen atoms in total. The van der Waals surface area contributed by atoms with Gasteiger partial charge in [-0.25, -0.2) is 9.67 Å². The fraction of sp³-hybridized carbons (Fsp3) is 0.200. The molecule has 0 aliphatic carbocycles. The van der Waals surface area contributed by atoms with Crippen LogP contribution in [0.4, 0.5) is 5.82 Å². The Hall–Kier alpha value is -3.48. The Bertz CT molecular complexity index is 969. The first-order chi connectivity index (χ1) is 13.1. The molecule has 1 aromatic carbocycles. The lowest BCUT2D eigenvalue weighted by atomic mass is 10.1. The molecule has 138 valence electrons. The summed E-state index contributed by atoms with van der Waals surface area (Å²) in [4.78, 5) is 28.7. The number of anilines is 1. The molecule has 0 bridgehead atoms. The van der Waals surface area contributed by atoms with E-state index in [2.05, 4.69) is 15.4 Å². The lowest BCUT2D eigenvalue weighted by molar-refractivity contribution is -0.119. The van der Waals surface area contributed by atoms with Crippen molar-refractivity contribution in [3.05, 3.63) is 71.1 Å². The van der Waals surface area contributed by atoms with Gasteiger partial charge in [-0.3, -0.25) is 9.59 Å². The van der Waals surface area contributed by atoms with Crippen LogP contribution in [-0.4, -0.2) is 27.3 Å². The smallest absolute Gasteiger partial charge is 0.267 e. The van der Waals surface area contributed by atoms with Crippen LogP contribution in [0, 0.1) is 0 Å². The van der Waals surface area contributed by atoms with Gasteiger partial charge >= 0.3 is 0 Å². The maximum Gasteiger partial charge on any atom is 0.267 e. The predicted molar refractivity (Wildman–Crippen MR) is 103 cm³/mol. The van der Waals surface area contributed by atoms with Crippen molar-refractivity contribution in [1.82, 2.24) is 14.8 Å². The van der Waals surface area contributed by atoms with Crippen LogP contribution in [0.2, 0.25) is 0 Å². The molecule has 0 radical (unpaired) electrons. The largest absolute Gasteiger partial charge is 0.494 e. The number of ether oxygens (including phenoxy) is 1. The zero-order valence-electron chi connectivity index (χ0n) is 15.1. The number of carbonyl (C=O) groups is 1. The van der Waals surface area contributed by atoms with Gasteiger partial charge in [-0.2, -0.15) is 5.10 Å². The first kappa shape index (κ1) is 18.3. The third-order valence-corrected chi connectivity index (χ3v) is 3.95. The van der Waals surface area contributed by atoms with Crippen LogP contribution >= 0.6 is 0 Å². The minimum atomic E-state index is -0.790. The summed E-state index contributed by atoms with van der Waals surface area (Å²) in [6.07, 6.45) is 1.58. The molecule has 2 aromatic heterocycles. The highest BCUT2D eigenvalue weighted by Gasteiger charge is 2.18. The molecular formula is C20H20N4O3. The number of rotatable bonds is 6. The molecule has 1 N–H and O–H groups in total. The van der Waals surface area contributed by atoms with Gasteiger partial charge in [0.25, 0.3) is 5.56 Å². The Morgan fingerprint density at radius 1 is 1.15 bits per heavy atom. The first-order valence-corrected chi connectivity index (χ1v) is 8.63. The second-order valence-corrected chi connectivity index (χ2v) is 5.84. The summed E-state index contributed by atoms with van der Waals surface area (Å²) in [5.41, 5.74) is 1.06. The molecule has 0 saturated heterocycles. The highest BCUT2D eigenvalue weighted by atomic mass is 16.5. The second-order valence-electron chi connectivity index (χ2n) is 5.84. The topological polar surface area (TPSA) is 86.1 Å². The van der Waals surface area contributed by atoms with Crippen LogP contribution in [0.3, 0.4) is 0 Å². The quantitative estimate of drug-likeness (QED) is 0.727. The summed E-state index contributed by atoms with van der Waals surface area (Å²) >= 11 is 0. The number of carbonyl (C=O) groups excluding carboxylic acids is 1. The number of amides is 1. The SMILES string of the molecule is CCOc1ccc(-c2ccc(=O)n(C(C)C(=O)Nc3ccccn3)n2)cc1. The van der Waals surface area contributed by atoms with E-state index in [0.29, 0.717) is 18.1 Å². The van der Waals surface area contributed by atoms with Gasteiger partial charge in [-0.15, -0.1) is 0 Å². The maximum absolute atomic E-state index is 12.5. The molecule has 3 rings (SSSR count). The van der Waals surface area contributed by atoms with E-state index in [1.807, 2.05) is 31.2 Å². The Morgan fingerprint density at radius 3 is 2.59 bits per heavy atom. The van der Waals surface area contributed by atoms with Crippen molar-refractivity contribution in [1.29, 1.82) is 0 Å². The molecule has 1 atom stereocenters. The number of benzene rings is 1. The molecule has 0 saturated carbocycles. The highest BCUT2D eigenvalue weighted by molar-refractivity contribution is 5.92. The standard InChI is InChI=1S/C20H20N4O3/c1-3-27-16-9-7-15(8-10-16)17-11-12-19(25)24(23-17)14(2)20(26)22-18-6-4-5-13-21-18/h4-14H,3H2,1-2H3,(H,21,22,26). The lowest BCUT2D eigenvalue weighted by Gasteiger charge is -2.14. The van der Waals surface area contributed by atoms with Gasteiger partial charge in [-0.1, -0.05) is 6.07 Å². The molecule has 7 heteroatoms. The van der Waals surface area contributed by atoms with Crippen molar-refractivity contribution >= 4 is 11.7 Å². The summed E-state index contributed by atoms with van der Waals surface area (Å²) in [7, 11) is 0. The second kappa shape index (κ2) is 8.27. The van der Waals surface area contributed by atoms with E-state index in [4.69, 9.17) is 4.74 Å². The molecule has 0 spiro atoms. The number of nitrogens with one attached hydrogen (secondary N) is 1. The van der Waals surface area contributed by atoms with E-state index >= 15 is 0 Å². The molecule has 2 heterocycles. The molecule has 3 aromatic rings. The Kier molecular flexibility index (Phi) is 5.61. The number of hydrogen-bond acceptors (Lipinski definition) is 5. The monoisotopic (exact) mass is 364 g/mol. The fourth-order valence-corrected chi connectivity index (χ4v) is 2.52. The summed E-state index contributed by atoms with van der Waals surface area (Å²) in [5.74, 6) is 0.815.